The number of carbonyl (C=O) groups excluding carboxylic acids is 1. The number of nitrogens with zero attached hydrogens (tertiary/aromatic N) is 1. The van der Waals surface area contributed by atoms with Crippen LogP contribution >= 0.6 is 0 Å². The molecule has 4 nitrogen and oxygen atoms in total. The Morgan fingerprint density at radius 1 is 1.26 bits per heavy atom. The van der Waals surface area contributed by atoms with Crippen LogP contribution in [-0.4, -0.2) is 49.1 Å². The summed E-state index contributed by atoms with van der Waals surface area (Å²) >= 11 is 0. The van der Waals surface area contributed by atoms with E-state index in [2.05, 4.69) is 36.4 Å². The van der Waals surface area contributed by atoms with Gasteiger partial charge < -0.3 is 15.5 Å². The van der Waals surface area contributed by atoms with Gasteiger partial charge >= 0.3 is 0 Å². The summed E-state index contributed by atoms with van der Waals surface area (Å²) in [5.74, 6) is 0.157. The molecule has 0 aromatic rings. The minimum Gasteiger partial charge on any atom is -0.352 e. The molecule has 1 aliphatic carbocycles. The van der Waals surface area contributed by atoms with Crippen LogP contribution in [0.25, 0.3) is 0 Å². The molecule has 19 heavy (non-hydrogen) atoms. The average molecular weight is 269 g/mol. The van der Waals surface area contributed by atoms with Gasteiger partial charge in [0.05, 0.1) is 6.04 Å². The van der Waals surface area contributed by atoms with Crippen LogP contribution < -0.4 is 10.6 Å². The lowest BCUT2D eigenvalue weighted by atomic mass is 10.2. The van der Waals surface area contributed by atoms with E-state index in [0.717, 1.165) is 32.4 Å². The van der Waals surface area contributed by atoms with Crippen molar-refractivity contribution < 1.29 is 4.79 Å². The maximum Gasteiger partial charge on any atom is 0.237 e. The van der Waals surface area contributed by atoms with Gasteiger partial charge in [-0.2, -0.15) is 0 Å². The zero-order valence-corrected chi connectivity index (χ0v) is 13.0. The molecule has 0 heterocycles. The molecule has 1 amide bonds. The average Bonchev–Trinajstić information content (AvgIpc) is 2.86. The van der Waals surface area contributed by atoms with Crippen molar-refractivity contribution in [3.8, 4) is 0 Å². The first-order valence-corrected chi connectivity index (χ1v) is 7.74. The van der Waals surface area contributed by atoms with E-state index in [9.17, 15) is 4.79 Å². The first-order valence-electron chi connectivity index (χ1n) is 7.74. The van der Waals surface area contributed by atoms with Gasteiger partial charge in [0, 0.05) is 12.1 Å². The first-order chi connectivity index (χ1) is 9.00. The van der Waals surface area contributed by atoms with Gasteiger partial charge in [-0.15, -0.1) is 0 Å². The van der Waals surface area contributed by atoms with Crippen LogP contribution in [0.2, 0.25) is 0 Å². The van der Waals surface area contributed by atoms with E-state index in [1.165, 1.54) is 12.8 Å². The second-order valence-corrected chi connectivity index (χ2v) is 6.09. The minimum absolute atomic E-state index is 0.0787. The molecular weight excluding hydrogens is 238 g/mol. The quantitative estimate of drug-likeness (QED) is 0.660. The Bertz CT molecular complexity index is 262. The first kappa shape index (κ1) is 16.4. The Morgan fingerprint density at radius 3 is 2.47 bits per heavy atom. The van der Waals surface area contributed by atoms with Gasteiger partial charge in [0.15, 0.2) is 0 Å². The van der Waals surface area contributed by atoms with E-state index in [4.69, 9.17) is 0 Å². The molecule has 112 valence electrons. The molecule has 0 bridgehead atoms. The third kappa shape index (κ3) is 6.39. The number of nitrogens with one attached hydrogen (secondary N) is 2. The van der Waals surface area contributed by atoms with Crippen LogP contribution in [0.5, 0.6) is 0 Å². The molecule has 0 saturated heterocycles. The fraction of sp³-hybridized carbons (Fsp3) is 0.933. The molecule has 0 aromatic heterocycles. The van der Waals surface area contributed by atoms with Crippen molar-refractivity contribution >= 4 is 5.91 Å². The zero-order chi connectivity index (χ0) is 14.3. The summed E-state index contributed by atoms with van der Waals surface area (Å²) in [5, 5.41) is 6.45. The topological polar surface area (TPSA) is 44.4 Å². The SMILES string of the molecule is CC(NCCCN(C)C(C)C)C(=O)NC1CCCC1. The van der Waals surface area contributed by atoms with Crippen LogP contribution in [0.1, 0.15) is 52.9 Å². The molecule has 2 N–H and O–H groups in total. The molecule has 1 aliphatic rings. The van der Waals surface area contributed by atoms with Crippen molar-refractivity contribution in [1.29, 1.82) is 0 Å². The molecule has 1 saturated carbocycles. The smallest absolute Gasteiger partial charge is 0.237 e. The highest BCUT2D eigenvalue weighted by Gasteiger charge is 2.20. The van der Waals surface area contributed by atoms with E-state index in [1.54, 1.807) is 0 Å². The Labute approximate surface area is 118 Å². The van der Waals surface area contributed by atoms with Crippen LogP contribution in [0.4, 0.5) is 0 Å². The number of hydrogen-bond acceptors (Lipinski definition) is 3. The third-order valence-corrected chi connectivity index (χ3v) is 4.11. The summed E-state index contributed by atoms with van der Waals surface area (Å²) in [6, 6.07) is 0.928. The molecule has 0 spiro atoms. The summed E-state index contributed by atoms with van der Waals surface area (Å²) in [5.41, 5.74) is 0. The third-order valence-electron chi connectivity index (χ3n) is 4.11. The number of rotatable bonds is 8. The number of hydrogen-bond donors (Lipinski definition) is 2. The molecule has 0 radical (unpaired) electrons. The van der Waals surface area contributed by atoms with Gasteiger partial charge in [-0.25, -0.2) is 0 Å². The van der Waals surface area contributed by atoms with Gasteiger partial charge in [-0.05, 0) is 60.2 Å². The van der Waals surface area contributed by atoms with E-state index >= 15 is 0 Å². The van der Waals surface area contributed by atoms with Crippen LogP contribution in [0.15, 0.2) is 0 Å². The maximum absolute atomic E-state index is 12.0. The van der Waals surface area contributed by atoms with E-state index in [-0.39, 0.29) is 11.9 Å². The van der Waals surface area contributed by atoms with Crippen molar-refractivity contribution in [3.05, 3.63) is 0 Å². The van der Waals surface area contributed by atoms with Crippen molar-refractivity contribution in [1.82, 2.24) is 15.5 Å². The maximum atomic E-state index is 12.0. The lowest BCUT2D eigenvalue weighted by molar-refractivity contribution is -0.123. The summed E-state index contributed by atoms with van der Waals surface area (Å²) in [4.78, 5) is 14.3. The lowest BCUT2D eigenvalue weighted by Gasteiger charge is -2.22. The van der Waals surface area contributed by atoms with E-state index in [0.29, 0.717) is 12.1 Å². The molecule has 1 unspecified atom stereocenters. The second kappa shape index (κ2) is 8.54. The molecule has 1 rings (SSSR count). The second-order valence-electron chi connectivity index (χ2n) is 6.09. The summed E-state index contributed by atoms with van der Waals surface area (Å²) in [6.45, 7) is 8.32. The highest BCUT2D eigenvalue weighted by Crippen LogP contribution is 2.17. The highest BCUT2D eigenvalue weighted by atomic mass is 16.2. The van der Waals surface area contributed by atoms with Crippen molar-refractivity contribution in [2.45, 2.75) is 71.0 Å². The predicted octanol–water partition coefficient (Wildman–Crippen LogP) is 1.75. The lowest BCUT2D eigenvalue weighted by Crippen LogP contribution is -2.46. The molecule has 0 aliphatic heterocycles. The zero-order valence-electron chi connectivity index (χ0n) is 13.0. The molecule has 4 heteroatoms. The molecule has 0 aromatic carbocycles. The van der Waals surface area contributed by atoms with Gasteiger partial charge in [0.25, 0.3) is 0 Å². The van der Waals surface area contributed by atoms with Crippen molar-refractivity contribution in [2.24, 2.45) is 0 Å². The fourth-order valence-corrected chi connectivity index (χ4v) is 2.39. The Hall–Kier alpha value is -0.610. The number of amides is 1. The van der Waals surface area contributed by atoms with Gasteiger partial charge in [-0.1, -0.05) is 12.8 Å². The highest BCUT2D eigenvalue weighted by molar-refractivity contribution is 5.81. The molecular formula is C15H31N3O. The predicted molar refractivity (Wildman–Crippen MR) is 80.2 cm³/mol. The largest absolute Gasteiger partial charge is 0.352 e. The van der Waals surface area contributed by atoms with E-state index in [1.807, 2.05) is 6.92 Å². The standard InChI is InChI=1S/C15H31N3O/c1-12(2)18(4)11-7-10-16-13(3)15(19)17-14-8-5-6-9-14/h12-14,16H,5-11H2,1-4H3,(H,17,19). The molecule has 1 atom stereocenters. The summed E-state index contributed by atoms with van der Waals surface area (Å²) < 4.78 is 0. The summed E-state index contributed by atoms with van der Waals surface area (Å²) in [6.07, 6.45) is 5.90. The van der Waals surface area contributed by atoms with Crippen molar-refractivity contribution in [2.75, 3.05) is 20.1 Å². The Balaban J connectivity index is 2.09. The normalized spacial score (nSPS) is 18.2. The van der Waals surface area contributed by atoms with Gasteiger partial charge in [0.1, 0.15) is 0 Å². The Kier molecular flexibility index (Phi) is 7.39. The van der Waals surface area contributed by atoms with Gasteiger partial charge in [0.2, 0.25) is 5.91 Å². The van der Waals surface area contributed by atoms with Crippen LogP contribution in [-0.2, 0) is 4.79 Å². The number of carbonyl (C=O) groups is 1. The van der Waals surface area contributed by atoms with E-state index < -0.39 is 0 Å². The molecule has 1 fully saturated rings. The Morgan fingerprint density at radius 2 is 1.89 bits per heavy atom. The summed E-state index contributed by atoms with van der Waals surface area (Å²) in [7, 11) is 2.14. The minimum atomic E-state index is -0.0787. The van der Waals surface area contributed by atoms with Crippen LogP contribution in [0.3, 0.4) is 0 Å². The van der Waals surface area contributed by atoms with Crippen LogP contribution in [0, 0.1) is 0 Å². The van der Waals surface area contributed by atoms with Gasteiger partial charge in [-0.3, -0.25) is 4.79 Å². The van der Waals surface area contributed by atoms with Crippen molar-refractivity contribution in [3.63, 3.8) is 0 Å². The monoisotopic (exact) mass is 269 g/mol. The fourth-order valence-electron chi connectivity index (χ4n) is 2.39.